The minimum Gasteiger partial charge on any atom is -0.493 e. The standard InChI is InChI=1S/C48H30N6O6/c55-43-37(44(56)52(30-19-7-2-8-20-30)47(59)51(43)29-17-5-1-6-18-29)39-33-25-13-15-27-35(33)41(49-39)42-36-28-16-14-26-34(36)40(50-42)38-45(57)53(31-21-9-3-10-22-31)48(60)54(46(38)58)32-23-11-4-12-24-32/h1-28,55,57H. The van der Waals surface area contributed by atoms with Gasteiger partial charge in [0.1, 0.15) is 11.1 Å². The average Bonchev–Trinajstić information content (AvgIpc) is 3.84. The number of rotatable bonds is 6. The molecule has 0 bridgehead atoms. The van der Waals surface area contributed by atoms with Gasteiger partial charge in [-0.25, -0.2) is 37.8 Å². The molecule has 2 aliphatic rings. The van der Waals surface area contributed by atoms with E-state index in [-0.39, 0.29) is 22.6 Å². The molecule has 0 fully saturated rings. The lowest BCUT2D eigenvalue weighted by atomic mass is 9.97. The Morgan fingerprint density at radius 3 is 0.917 bits per heavy atom. The minimum atomic E-state index is -0.791. The highest BCUT2D eigenvalue weighted by molar-refractivity contribution is 6.27. The first-order valence-electron chi connectivity index (χ1n) is 18.9. The number of fused-ring (bicyclic) bond motifs is 2. The van der Waals surface area contributed by atoms with Gasteiger partial charge >= 0.3 is 11.4 Å². The van der Waals surface area contributed by atoms with Crippen LogP contribution in [0.3, 0.4) is 0 Å². The summed E-state index contributed by atoms with van der Waals surface area (Å²) in [6, 6.07) is 48.2. The van der Waals surface area contributed by atoms with Crippen molar-refractivity contribution in [2.45, 2.75) is 0 Å². The third kappa shape index (κ3) is 5.46. The molecule has 2 N–H and O–H groups in total. The molecule has 10 rings (SSSR count). The topological polar surface area (TPSA) is 153 Å². The first-order valence-corrected chi connectivity index (χ1v) is 18.9. The predicted octanol–water partition coefficient (Wildman–Crippen LogP) is 6.23. The van der Waals surface area contributed by atoms with E-state index in [1.54, 1.807) is 170 Å². The Kier molecular flexibility index (Phi) is 8.39. The molecule has 0 unspecified atom stereocenters. The van der Waals surface area contributed by atoms with Crippen LogP contribution in [0.5, 0.6) is 11.8 Å². The van der Waals surface area contributed by atoms with Gasteiger partial charge < -0.3 is 10.2 Å². The van der Waals surface area contributed by atoms with E-state index < -0.39 is 34.3 Å². The van der Waals surface area contributed by atoms with E-state index in [9.17, 15) is 29.4 Å². The minimum absolute atomic E-state index is 0.0954. The molecule has 0 saturated carbocycles. The Morgan fingerprint density at radius 2 is 0.600 bits per heavy atom. The summed E-state index contributed by atoms with van der Waals surface area (Å²) in [5.74, 6) is -1.21. The molecule has 6 aromatic carbocycles. The van der Waals surface area contributed by atoms with E-state index in [0.717, 1.165) is 18.3 Å². The van der Waals surface area contributed by atoms with Gasteiger partial charge in [0.15, 0.2) is 0 Å². The van der Waals surface area contributed by atoms with E-state index >= 15 is 0 Å². The fourth-order valence-corrected chi connectivity index (χ4v) is 7.84. The highest BCUT2D eigenvalue weighted by Crippen LogP contribution is 2.42. The lowest BCUT2D eigenvalue weighted by molar-refractivity contribution is 0.426. The van der Waals surface area contributed by atoms with Crippen molar-refractivity contribution < 1.29 is 10.2 Å². The largest absolute Gasteiger partial charge is 0.493 e. The van der Waals surface area contributed by atoms with Crippen LogP contribution in [0, 0.1) is 0 Å². The maximum Gasteiger partial charge on any atom is 0.343 e. The summed E-state index contributed by atoms with van der Waals surface area (Å²) >= 11 is 0. The second kappa shape index (κ2) is 14.1. The SMILES string of the molecule is O=c1c(C2=NC(=C3N=C(c4c(O)n(-c5ccccc5)c(=O)n(-c5ccccc5)c4=O)c4ccccc43)c3ccccc32)c(O)n(-c2ccccc2)c(=O)n1-c1ccccc1. The second-order valence-electron chi connectivity index (χ2n) is 14.0. The first-order chi connectivity index (χ1) is 29.3. The summed E-state index contributed by atoms with van der Waals surface area (Å²) in [5.41, 5.74) is 0.558. The number of para-hydroxylation sites is 4. The molecule has 2 aromatic heterocycles. The first kappa shape index (κ1) is 35.8. The van der Waals surface area contributed by atoms with Gasteiger partial charge in [-0.1, -0.05) is 121 Å². The fraction of sp³-hybridized carbons (Fsp3) is 0. The van der Waals surface area contributed by atoms with Gasteiger partial charge in [0, 0.05) is 22.3 Å². The molecule has 0 aliphatic carbocycles. The van der Waals surface area contributed by atoms with Crippen molar-refractivity contribution in [3.05, 3.63) is 245 Å². The summed E-state index contributed by atoms with van der Waals surface area (Å²) in [6.45, 7) is 0. The molecule has 12 nitrogen and oxygen atoms in total. The average molecular weight is 787 g/mol. The molecule has 0 amide bonds. The molecule has 0 atom stereocenters. The normalized spacial score (nSPS) is 14.1. The molecule has 0 saturated heterocycles. The molecule has 4 heterocycles. The van der Waals surface area contributed by atoms with Crippen molar-refractivity contribution >= 4 is 22.8 Å². The number of nitrogens with zero attached hydrogens (tertiary/aromatic N) is 6. The summed E-state index contributed by atoms with van der Waals surface area (Å²) in [5, 5.41) is 24.0. The summed E-state index contributed by atoms with van der Waals surface area (Å²) in [7, 11) is 0. The van der Waals surface area contributed by atoms with Crippen LogP contribution >= 0.6 is 0 Å². The number of hydrogen-bond acceptors (Lipinski definition) is 8. The van der Waals surface area contributed by atoms with E-state index in [0.29, 0.717) is 56.4 Å². The van der Waals surface area contributed by atoms with Gasteiger partial charge in [0.05, 0.1) is 45.6 Å². The monoisotopic (exact) mass is 786 g/mol. The Hall–Kier alpha value is -8.64. The lowest BCUT2D eigenvalue weighted by Crippen LogP contribution is -2.41. The molecule has 12 heteroatoms. The smallest absolute Gasteiger partial charge is 0.343 e. The summed E-state index contributed by atoms with van der Waals surface area (Å²) in [4.78, 5) is 67.6. The lowest BCUT2D eigenvalue weighted by Gasteiger charge is -2.16. The summed E-state index contributed by atoms with van der Waals surface area (Å²) in [6.07, 6.45) is 0. The molecule has 288 valence electrons. The number of aromatic hydroxyl groups is 2. The third-order valence-corrected chi connectivity index (χ3v) is 10.5. The van der Waals surface area contributed by atoms with Crippen molar-refractivity contribution in [2.75, 3.05) is 0 Å². The van der Waals surface area contributed by atoms with Crippen LogP contribution in [-0.4, -0.2) is 39.9 Å². The van der Waals surface area contributed by atoms with Crippen molar-refractivity contribution in [1.82, 2.24) is 18.3 Å². The molecular weight excluding hydrogens is 757 g/mol. The highest BCUT2D eigenvalue weighted by Gasteiger charge is 2.36. The number of aromatic nitrogens is 4. The zero-order valence-electron chi connectivity index (χ0n) is 31.4. The van der Waals surface area contributed by atoms with Crippen LogP contribution in [0.15, 0.2) is 199 Å². The van der Waals surface area contributed by atoms with Gasteiger partial charge in [0.2, 0.25) is 11.8 Å². The number of hydrogen-bond donors (Lipinski definition) is 2. The molecule has 0 radical (unpaired) electrons. The third-order valence-electron chi connectivity index (χ3n) is 10.5. The second-order valence-corrected chi connectivity index (χ2v) is 14.0. The van der Waals surface area contributed by atoms with Crippen molar-refractivity contribution in [3.63, 3.8) is 0 Å². The summed E-state index contributed by atoms with van der Waals surface area (Å²) < 4.78 is 4.15. The van der Waals surface area contributed by atoms with Crippen molar-refractivity contribution in [1.29, 1.82) is 0 Å². The fourth-order valence-electron chi connectivity index (χ4n) is 7.84. The van der Waals surface area contributed by atoms with Crippen molar-refractivity contribution in [2.24, 2.45) is 9.98 Å². The maximum atomic E-state index is 14.6. The molecule has 8 aromatic rings. The van der Waals surface area contributed by atoms with Gasteiger partial charge in [-0.3, -0.25) is 9.59 Å². The van der Waals surface area contributed by atoms with E-state index in [1.807, 2.05) is 0 Å². The zero-order valence-corrected chi connectivity index (χ0v) is 31.4. The van der Waals surface area contributed by atoms with Crippen LogP contribution in [-0.2, 0) is 0 Å². The quantitative estimate of drug-likeness (QED) is 0.204. The van der Waals surface area contributed by atoms with E-state index in [4.69, 9.17) is 9.98 Å². The Morgan fingerprint density at radius 1 is 0.333 bits per heavy atom. The van der Waals surface area contributed by atoms with Crippen LogP contribution in [0.2, 0.25) is 0 Å². The maximum absolute atomic E-state index is 14.6. The molecule has 2 aliphatic heterocycles. The van der Waals surface area contributed by atoms with Gasteiger partial charge in [-0.05, 0) is 48.5 Å². The number of benzene rings is 6. The molecule has 60 heavy (non-hydrogen) atoms. The predicted molar refractivity (Wildman–Crippen MR) is 230 cm³/mol. The Balaban J connectivity index is 1.27. The van der Waals surface area contributed by atoms with E-state index in [1.165, 1.54) is 0 Å². The van der Waals surface area contributed by atoms with Crippen LogP contribution in [0.4, 0.5) is 0 Å². The van der Waals surface area contributed by atoms with Gasteiger partial charge in [-0.15, -0.1) is 0 Å². The van der Waals surface area contributed by atoms with Crippen LogP contribution in [0.1, 0.15) is 33.4 Å². The molecular formula is C48H30N6O6. The zero-order chi connectivity index (χ0) is 41.1. The van der Waals surface area contributed by atoms with Crippen molar-refractivity contribution in [3.8, 4) is 34.5 Å². The van der Waals surface area contributed by atoms with Gasteiger partial charge in [-0.2, -0.15) is 0 Å². The van der Waals surface area contributed by atoms with Crippen LogP contribution < -0.4 is 22.5 Å². The highest BCUT2D eigenvalue weighted by atomic mass is 16.3. The van der Waals surface area contributed by atoms with Gasteiger partial charge in [0.25, 0.3) is 11.1 Å². The Bertz CT molecular complexity index is 3170. The van der Waals surface area contributed by atoms with E-state index in [2.05, 4.69) is 0 Å². The molecule has 0 spiro atoms. The van der Waals surface area contributed by atoms with Crippen LogP contribution in [0.25, 0.3) is 34.1 Å². The number of aliphatic imine (C=N–C) groups is 2. The Labute approximate surface area is 339 Å².